The highest BCUT2D eigenvalue weighted by Gasteiger charge is 2.12. The average Bonchev–Trinajstić information content (AvgIpc) is 2.98. The van der Waals surface area contributed by atoms with Crippen LogP contribution in [0.4, 0.5) is 11.8 Å². The second-order valence-electron chi connectivity index (χ2n) is 5.25. The van der Waals surface area contributed by atoms with Crippen LogP contribution in [-0.2, 0) is 0 Å². The number of nitrogens with one attached hydrogen (secondary N) is 1. The van der Waals surface area contributed by atoms with Gasteiger partial charge >= 0.3 is 6.01 Å². The zero-order chi connectivity index (χ0) is 16.2. The van der Waals surface area contributed by atoms with Gasteiger partial charge in [-0.15, -0.1) is 5.10 Å². The Morgan fingerprint density at radius 1 is 1.13 bits per heavy atom. The fraction of sp³-hybridized carbons (Fsp3) is 0.250. The van der Waals surface area contributed by atoms with Crippen LogP contribution < -0.4 is 10.1 Å². The number of hydrogen-bond donors (Lipinski definition) is 1. The van der Waals surface area contributed by atoms with Crippen LogP contribution in [0.25, 0.3) is 11.6 Å². The maximum absolute atomic E-state index is 5.64. The van der Waals surface area contributed by atoms with E-state index in [1.165, 1.54) is 0 Å². The van der Waals surface area contributed by atoms with Crippen molar-refractivity contribution < 1.29 is 9.15 Å². The zero-order valence-electron chi connectivity index (χ0n) is 13.1. The Balaban J connectivity index is 1.80. The van der Waals surface area contributed by atoms with Gasteiger partial charge in [0.25, 0.3) is 5.89 Å². The molecule has 0 unspecified atom stereocenters. The second-order valence-corrected chi connectivity index (χ2v) is 5.25. The van der Waals surface area contributed by atoms with Crippen LogP contribution in [-0.4, -0.2) is 26.3 Å². The van der Waals surface area contributed by atoms with Crippen LogP contribution >= 0.6 is 0 Å². The summed E-state index contributed by atoms with van der Waals surface area (Å²) in [6.07, 6.45) is 3.42. The van der Waals surface area contributed by atoms with Gasteiger partial charge in [-0.1, -0.05) is 11.2 Å². The first-order chi connectivity index (χ1) is 11.1. The van der Waals surface area contributed by atoms with Crippen molar-refractivity contribution in [2.45, 2.75) is 26.9 Å². The van der Waals surface area contributed by atoms with E-state index in [1.807, 2.05) is 32.9 Å². The molecule has 23 heavy (non-hydrogen) atoms. The van der Waals surface area contributed by atoms with E-state index in [2.05, 4.69) is 25.5 Å². The molecule has 7 nitrogen and oxygen atoms in total. The second kappa shape index (κ2) is 6.43. The summed E-state index contributed by atoms with van der Waals surface area (Å²) < 4.78 is 11.2. The molecular formula is C16H17N5O2. The number of anilines is 2. The minimum Gasteiger partial charge on any atom is -0.491 e. The number of aryl methyl sites for hydroxylation is 1. The van der Waals surface area contributed by atoms with Gasteiger partial charge in [0.15, 0.2) is 0 Å². The van der Waals surface area contributed by atoms with Crippen molar-refractivity contribution >= 4 is 11.8 Å². The first-order valence-corrected chi connectivity index (χ1v) is 7.27. The summed E-state index contributed by atoms with van der Waals surface area (Å²) in [4.78, 5) is 8.46. The first-order valence-electron chi connectivity index (χ1n) is 7.27. The molecule has 118 valence electrons. The highest BCUT2D eigenvalue weighted by molar-refractivity contribution is 5.54. The van der Waals surface area contributed by atoms with E-state index >= 15 is 0 Å². The molecule has 0 radical (unpaired) electrons. The van der Waals surface area contributed by atoms with E-state index < -0.39 is 0 Å². The van der Waals surface area contributed by atoms with Gasteiger partial charge in [-0.05, 0) is 38.5 Å². The van der Waals surface area contributed by atoms with Gasteiger partial charge in [0, 0.05) is 18.5 Å². The van der Waals surface area contributed by atoms with Gasteiger partial charge in [-0.3, -0.25) is 10.3 Å². The van der Waals surface area contributed by atoms with Crippen LogP contribution in [0, 0.1) is 6.92 Å². The van der Waals surface area contributed by atoms with Gasteiger partial charge in [0.1, 0.15) is 17.3 Å². The molecule has 3 aromatic rings. The van der Waals surface area contributed by atoms with E-state index in [-0.39, 0.29) is 12.1 Å². The minimum atomic E-state index is 0.0808. The predicted molar refractivity (Wildman–Crippen MR) is 85.5 cm³/mol. The highest BCUT2D eigenvalue weighted by atomic mass is 16.5. The molecule has 0 aliphatic heterocycles. The molecule has 0 saturated carbocycles. The molecule has 0 fully saturated rings. The van der Waals surface area contributed by atoms with Crippen LogP contribution in [0.5, 0.6) is 5.75 Å². The third kappa shape index (κ3) is 3.63. The molecule has 3 heterocycles. The number of aromatic nitrogens is 4. The summed E-state index contributed by atoms with van der Waals surface area (Å²) in [5, 5.41) is 11.0. The third-order valence-corrected chi connectivity index (χ3v) is 2.98. The number of ether oxygens (including phenoxy) is 1. The average molecular weight is 311 g/mol. The number of hydrogen-bond acceptors (Lipinski definition) is 7. The summed E-state index contributed by atoms with van der Waals surface area (Å²) in [6, 6.07) is 7.63. The van der Waals surface area contributed by atoms with Gasteiger partial charge in [0.05, 0.1) is 6.10 Å². The largest absolute Gasteiger partial charge is 0.491 e. The van der Waals surface area contributed by atoms with E-state index in [0.29, 0.717) is 23.2 Å². The minimum absolute atomic E-state index is 0.0808. The number of nitrogens with zero attached hydrogens (tertiary/aromatic N) is 4. The normalized spacial score (nSPS) is 10.8. The Kier molecular flexibility index (Phi) is 4.18. The Bertz CT molecular complexity index is 800. The van der Waals surface area contributed by atoms with Crippen molar-refractivity contribution in [1.82, 2.24) is 20.2 Å². The molecule has 3 rings (SSSR count). The molecule has 0 bridgehead atoms. The lowest BCUT2D eigenvalue weighted by Crippen LogP contribution is -2.05. The van der Waals surface area contributed by atoms with Crippen molar-refractivity contribution in [3.63, 3.8) is 0 Å². The maximum atomic E-state index is 5.64. The van der Waals surface area contributed by atoms with Crippen molar-refractivity contribution in [1.29, 1.82) is 0 Å². The molecule has 3 aromatic heterocycles. The first kappa shape index (κ1) is 15.0. The summed E-state index contributed by atoms with van der Waals surface area (Å²) in [5.41, 5.74) is 1.54. The third-order valence-electron chi connectivity index (χ3n) is 2.98. The predicted octanol–water partition coefficient (Wildman–Crippen LogP) is 3.37. The molecule has 0 aromatic carbocycles. The van der Waals surface area contributed by atoms with Crippen LogP contribution in [0.1, 0.15) is 19.4 Å². The summed E-state index contributed by atoms with van der Waals surface area (Å²) in [7, 11) is 0. The van der Waals surface area contributed by atoms with Crippen molar-refractivity contribution in [3.8, 4) is 17.3 Å². The lowest BCUT2D eigenvalue weighted by molar-refractivity contribution is 0.242. The van der Waals surface area contributed by atoms with Crippen LogP contribution in [0.15, 0.2) is 41.1 Å². The Morgan fingerprint density at radius 3 is 2.78 bits per heavy atom. The Labute approximate surface area is 133 Å². The molecule has 0 aliphatic carbocycles. The molecular weight excluding hydrogens is 294 g/mol. The summed E-state index contributed by atoms with van der Waals surface area (Å²) in [6.45, 7) is 5.87. The SMILES string of the molecule is Cc1cccnc1Nc1nnc(-c2cc(OC(C)C)ccn2)o1. The van der Waals surface area contributed by atoms with Gasteiger partial charge in [-0.25, -0.2) is 4.98 Å². The lowest BCUT2D eigenvalue weighted by atomic mass is 10.3. The fourth-order valence-electron chi connectivity index (χ4n) is 1.97. The molecule has 0 saturated heterocycles. The van der Waals surface area contributed by atoms with E-state index in [4.69, 9.17) is 9.15 Å². The van der Waals surface area contributed by atoms with Gasteiger partial charge < -0.3 is 9.15 Å². The summed E-state index contributed by atoms with van der Waals surface area (Å²) in [5.74, 6) is 1.70. The van der Waals surface area contributed by atoms with Crippen molar-refractivity contribution in [2.75, 3.05) is 5.32 Å². The van der Waals surface area contributed by atoms with Crippen molar-refractivity contribution in [3.05, 3.63) is 42.2 Å². The molecule has 0 amide bonds. The molecule has 1 N–H and O–H groups in total. The Hall–Kier alpha value is -2.96. The highest BCUT2D eigenvalue weighted by Crippen LogP contribution is 2.24. The molecule has 0 atom stereocenters. The maximum Gasteiger partial charge on any atom is 0.321 e. The lowest BCUT2D eigenvalue weighted by Gasteiger charge is -2.09. The number of rotatable bonds is 5. The van der Waals surface area contributed by atoms with E-state index in [9.17, 15) is 0 Å². The van der Waals surface area contributed by atoms with E-state index in [0.717, 1.165) is 5.56 Å². The number of pyridine rings is 2. The van der Waals surface area contributed by atoms with Crippen LogP contribution in [0.2, 0.25) is 0 Å². The topological polar surface area (TPSA) is 86.0 Å². The van der Waals surface area contributed by atoms with E-state index in [1.54, 1.807) is 24.5 Å². The molecule has 0 spiro atoms. The molecule has 7 heteroatoms. The zero-order valence-corrected chi connectivity index (χ0v) is 13.1. The van der Waals surface area contributed by atoms with Crippen molar-refractivity contribution in [2.24, 2.45) is 0 Å². The molecule has 0 aliphatic rings. The Morgan fingerprint density at radius 2 is 2.00 bits per heavy atom. The van der Waals surface area contributed by atoms with Gasteiger partial charge in [0.2, 0.25) is 0 Å². The summed E-state index contributed by atoms with van der Waals surface area (Å²) >= 11 is 0. The smallest absolute Gasteiger partial charge is 0.321 e. The quantitative estimate of drug-likeness (QED) is 0.773. The van der Waals surface area contributed by atoms with Gasteiger partial charge in [-0.2, -0.15) is 0 Å². The monoisotopic (exact) mass is 311 g/mol. The fourth-order valence-corrected chi connectivity index (χ4v) is 1.97. The van der Waals surface area contributed by atoms with Crippen LogP contribution in [0.3, 0.4) is 0 Å². The standard InChI is InChI=1S/C16H17N5O2/c1-10(2)22-12-6-8-17-13(9-12)15-20-21-16(23-15)19-14-11(3)5-4-7-18-14/h4-10H,1-3H3,(H,18,19,21).